The maximum Gasteiger partial charge on any atom is 0.338 e. The normalized spacial score (nSPS) is 16.2. The molecule has 1 aromatic heterocycles. The zero-order chi connectivity index (χ0) is 18.0. The van der Waals surface area contributed by atoms with Gasteiger partial charge in [-0.1, -0.05) is 18.1 Å². The molecule has 2 aromatic rings. The number of fused-ring (bicyclic) bond motifs is 1. The Labute approximate surface area is 144 Å². The van der Waals surface area contributed by atoms with Gasteiger partial charge in [0.05, 0.1) is 19.3 Å². The number of aromatic nitrogens is 4. The van der Waals surface area contributed by atoms with Crippen LogP contribution in [0.2, 0.25) is 0 Å². The summed E-state index contributed by atoms with van der Waals surface area (Å²) in [5, 5.41) is 24.7. The fourth-order valence-electron chi connectivity index (χ4n) is 2.84. The van der Waals surface area contributed by atoms with Crippen molar-refractivity contribution in [2.45, 2.75) is 26.3 Å². The lowest BCUT2D eigenvalue weighted by Gasteiger charge is -2.28. The van der Waals surface area contributed by atoms with E-state index in [0.29, 0.717) is 41.6 Å². The number of aromatic hydroxyl groups is 1. The first-order valence-electron chi connectivity index (χ1n) is 7.92. The van der Waals surface area contributed by atoms with Crippen molar-refractivity contribution in [1.29, 1.82) is 0 Å². The maximum absolute atomic E-state index is 12.4. The van der Waals surface area contributed by atoms with E-state index >= 15 is 0 Å². The zero-order valence-corrected chi connectivity index (χ0v) is 14.2. The SMILES string of the molecule is CCOc1cc([C@@H]2C(C(=O)OC)=C(CC)Nc3nnnn32)ccc1O. The summed E-state index contributed by atoms with van der Waals surface area (Å²) >= 11 is 0. The first kappa shape index (κ1) is 16.7. The molecule has 1 atom stereocenters. The molecule has 1 aliphatic rings. The van der Waals surface area contributed by atoms with Gasteiger partial charge in [0.2, 0.25) is 5.95 Å². The smallest absolute Gasteiger partial charge is 0.338 e. The van der Waals surface area contributed by atoms with Crippen LogP contribution in [0.3, 0.4) is 0 Å². The highest BCUT2D eigenvalue weighted by molar-refractivity contribution is 5.92. The van der Waals surface area contributed by atoms with E-state index < -0.39 is 12.0 Å². The highest BCUT2D eigenvalue weighted by atomic mass is 16.5. The highest BCUT2D eigenvalue weighted by Gasteiger charge is 2.35. The van der Waals surface area contributed by atoms with Crippen LogP contribution in [0.15, 0.2) is 29.5 Å². The third-order valence-electron chi connectivity index (χ3n) is 3.96. The third-order valence-corrected chi connectivity index (χ3v) is 3.96. The number of methoxy groups -OCH3 is 1. The first-order chi connectivity index (χ1) is 12.1. The van der Waals surface area contributed by atoms with E-state index in [4.69, 9.17) is 9.47 Å². The van der Waals surface area contributed by atoms with Crippen LogP contribution in [0.25, 0.3) is 0 Å². The molecule has 0 amide bonds. The number of hydrogen-bond acceptors (Lipinski definition) is 8. The molecule has 0 saturated carbocycles. The molecule has 0 aliphatic carbocycles. The molecule has 0 unspecified atom stereocenters. The molecule has 0 radical (unpaired) electrons. The second-order valence-corrected chi connectivity index (χ2v) is 5.37. The lowest BCUT2D eigenvalue weighted by Crippen LogP contribution is -2.30. The van der Waals surface area contributed by atoms with E-state index in [1.54, 1.807) is 12.1 Å². The Morgan fingerprint density at radius 1 is 1.40 bits per heavy atom. The van der Waals surface area contributed by atoms with Crippen LogP contribution >= 0.6 is 0 Å². The predicted octanol–water partition coefficient (Wildman–Crippen LogP) is 1.63. The third kappa shape index (κ3) is 2.88. The maximum atomic E-state index is 12.4. The summed E-state index contributed by atoms with van der Waals surface area (Å²) in [4.78, 5) is 12.4. The molecule has 0 saturated heterocycles. The monoisotopic (exact) mass is 345 g/mol. The van der Waals surface area contributed by atoms with E-state index in [9.17, 15) is 9.90 Å². The van der Waals surface area contributed by atoms with E-state index in [0.717, 1.165) is 0 Å². The van der Waals surface area contributed by atoms with Crippen LogP contribution in [0.5, 0.6) is 11.5 Å². The number of carbonyl (C=O) groups is 1. The Balaban J connectivity index is 2.18. The molecule has 0 spiro atoms. The standard InChI is InChI=1S/C16H19N5O4/c1-4-10-13(15(23)24-3)14(21-16(17-10)18-19-20-21)9-6-7-11(22)12(8-9)25-5-2/h6-8,14,22H,4-5H2,1-3H3,(H,17,18,20)/t14-/m1/s1. The van der Waals surface area contributed by atoms with Gasteiger partial charge in [0, 0.05) is 5.70 Å². The van der Waals surface area contributed by atoms with E-state index in [1.807, 2.05) is 13.8 Å². The number of hydrogen-bond donors (Lipinski definition) is 2. The minimum absolute atomic E-state index is 0.0239. The van der Waals surface area contributed by atoms with E-state index in [-0.39, 0.29) is 5.75 Å². The van der Waals surface area contributed by atoms with Crippen molar-refractivity contribution in [3.63, 3.8) is 0 Å². The van der Waals surface area contributed by atoms with Gasteiger partial charge < -0.3 is 19.9 Å². The van der Waals surface area contributed by atoms with Crippen molar-refractivity contribution in [2.75, 3.05) is 19.0 Å². The molecule has 132 valence electrons. The Bertz CT molecular complexity index is 830. The van der Waals surface area contributed by atoms with E-state index in [1.165, 1.54) is 17.9 Å². The average Bonchev–Trinajstić information content (AvgIpc) is 3.09. The fourth-order valence-corrected chi connectivity index (χ4v) is 2.84. The van der Waals surface area contributed by atoms with Crippen molar-refractivity contribution in [3.05, 3.63) is 35.0 Å². The van der Waals surface area contributed by atoms with Gasteiger partial charge in [-0.05, 0) is 41.5 Å². The van der Waals surface area contributed by atoms with Gasteiger partial charge in [0.15, 0.2) is 11.5 Å². The number of nitrogens with zero attached hydrogens (tertiary/aromatic N) is 4. The number of anilines is 1. The van der Waals surface area contributed by atoms with Gasteiger partial charge in [0.25, 0.3) is 0 Å². The molecule has 2 heterocycles. The quantitative estimate of drug-likeness (QED) is 0.787. The van der Waals surface area contributed by atoms with E-state index in [2.05, 4.69) is 20.8 Å². The Morgan fingerprint density at radius 2 is 2.20 bits per heavy atom. The Morgan fingerprint density at radius 3 is 2.88 bits per heavy atom. The average molecular weight is 345 g/mol. The van der Waals surface area contributed by atoms with Gasteiger partial charge in [-0.3, -0.25) is 0 Å². The first-order valence-corrected chi connectivity index (χ1v) is 7.92. The molecule has 9 nitrogen and oxygen atoms in total. The summed E-state index contributed by atoms with van der Waals surface area (Å²) in [5.74, 6) is 0.313. The number of esters is 1. The minimum atomic E-state index is -0.589. The lowest BCUT2D eigenvalue weighted by molar-refractivity contribution is -0.136. The molecular formula is C16H19N5O4. The topological polar surface area (TPSA) is 111 Å². The minimum Gasteiger partial charge on any atom is -0.504 e. The summed E-state index contributed by atoms with van der Waals surface area (Å²) in [7, 11) is 1.33. The number of allylic oxidation sites excluding steroid dienone is 1. The van der Waals surface area contributed by atoms with Gasteiger partial charge in [-0.25, -0.2) is 4.79 Å². The molecule has 0 bridgehead atoms. The fraction of sp³-hybridized carbons (Fsp3) is 0.375. The van der Waals surface area contributed by atoms with Gasteiger partial charge in [-0.15, -0.1) is 0 Å². The second-order valence-electron chi connectivity index (χ2n) is 5.37. The summed E-state index contributed by atoms with van der Waals surface area (Å²) in [6, 6.07) is 4.31. The Hall–Kier alpha value is -3.10. The molecule has 25 heavy (non-hydrogen) atoms. The number of benzene rings is 1. The van der Waals surface area contributed by atoms with Gasteiger partial charge >= 0.3 is 5.97 Å². The predicted molar refractivity (Wildman–Crippen MR) is 88.2 cm³/mol. The largest absolute Gasteiger partial charge is 0.504 e. The number of ether oxygens (including phenoxy) is 2. The summed E-state index contributed by atoms with van der Waals surface area (Å²) in [5.41, 5.74) is 1.80. The number of phenolic OH excluding ortho intramolecular Hbond substituents is 1. The van der Waals surface area contributed by atoms with Crippen LogP contribution in [-0.2, 0) is 9.53 Å². The molecular weight excluding hydrogens is 326 g/mol. The van der Waals surface area contributed by atoms with Crippen LogP contribution in [-0.4, -0.2) is 45.0 Å². The highest BCUT2D eigenvalue weighted by Crippen LogP contribution is 2.38. The lowest BCUT2D eigenvalue weighted by atomic mass is 9.94. The van der Waals surface area contributed by atoms with Crippen molar-refractivity contribution in [3.8, 4) is 11.5 Å². The molecule has 0 fully saturated rings. The number of carbonyl (C=O) groups excluding carboxylic acids is 1. The second kappa shape index (κ2) is 6.80. The van der Waals surface area contributed by atoms with Crippen LogP contribution in [0.1, 0.15) is 31.9 Å². The van der Waals surface area contributed by atoms with Crippen molar-refractivity contribution < 1.29 is 19.4 Å². The number of tetrazole rings is 1. The number of nitrogens with one attached hydrogen (secondary N) is 1. The van der Waals surface area contributed by atoms with Gasteiger partial charge in [-0.2, -0.15) is 4.68 Å². The number of rotatable bonds is 5. The molecule has 3 rings (SSSR count). The Kier molecular flexibility index (Phi) is 4.55. The van der Waals surface area contributed by atoms with Gasteiger partial charge in [0.1, 0.15) is 6.04 Å². The summed E-state index contributed by atoms with van der Waals surface area (Å²) in [6.07, 6.45) is 0.574. The number of phenols is 1. The summed E-state index contributed by atoms with van der Waals surface area (Å²) in [6.45, 7) is 4.15. The summed E-state index contributed by atoms with van der Waals surface area (Å²) < 4.78 is 11.9. The molecule has 9 heteroatoms. The molecule has 1 aliphatic heterocycles. The molecule has 2 N–H and O–H groups in total. The van der Waals surface area contributed by atoms with Crippen LogP contribution < -0.4 is 10.1 Å². The van der Waals surface area contributed by atoms with Crippen LogP contribution in [0.4, 0.5) is 5.95 Å². The van der Waals surface area contributed by atoms with Crippen LogP contribution in [0, 0.1) is 0 Å². The van der Waals surface area contributed by atoms with Crippen molar-refractivity contribution >= 4 is 11.9 Å². The molecule has 1 aromatic carbocycles. The van der Waals surface area contributed by atoms with Crippen molar-refractivity contribution in [2.24, 2.45) is 0 Å². The van der Waals surface area contributed by atoms with Crippen molar-refractivity contribution in [1.82, 2.24) is 20.2 Å². The zero-order valence-electron chi connectivity index (χ0n) is 14.2.